The van der Waals surface area contributed by atoms with Gasteiger partial charge in [-0.15, -0.1) is 10.2 Å². The van der Waals surface area contributed by atoms with E-state index in [1.165, 1.54) is 11.8 Å². The lowest BCUT2D eigenvalue weighted by Gasteiger charge is -2.27. The molecule has 8 heteroatoms. The average Bonchev–Trinajstić information content (AvgIpc) is 3.16. The van der Waals surface area contributed by atoms with Crippen molar-refractivity contribution >= 4 is 17.7 Å². The molecule has 1 aromatic carbocycles. The number of thioether (sulfide) groups is 1. The highest BCUT2D eigenvalue weighted by Gasteiger charge is 2.30. The van der Waals surface area contributed by atoms with Crippen LogP contribution in [0.3, 0.4) is 0 Å². The molecule has 0 saturated heterocycles. The first-order chi connectivity index (χ1) is 14.4. The van der Waals surface area contributed by atoms with Crippen LogP contribution >= 0.6 is 11.8 Å². The van der Waals surface area contributed by atoms with Gasteiger partial charge < -0.3 is 5.32 Å². The number of carbonyl (C=O) groups is 1. The first-order valence-corrected chi connectivity index (χ1v) is 10.6. The summed E-state index contributed by atoms with van der Waals surface area (Å²) in [6.07, 6.45) is 3.44. The Morgan fingerprint density at radius 2 is 2.03 bits per heavy atom. The smallest absolute Gasteiger partial charge is 0.231 e. The minimum Gasteiger partial charge on any atom is -0.337 e. The molecule has 2 heterocycles. The van der Waals surface area contributed by atoms with Gasteiger partial charge in [-0.1, -0.05) is 43.8 Å². The summed E-state index contributed by atoms with van der Waals surface area (Å²) in [5, 5.41) is 21.6. The molecule has 0 spiro atoms. The van der Waals surface area contributed by atoms with Crippen LogP contribution in [0.1, 0.15) is 26.3 Å². The van der Waals surface area contributed by atoms with Crippen molar-refractivity contribution < 1.29 is 4.79 Å². The van der Waals surface area contributed by atoms with Gasteiger partial charge in [0.15, 0.2) is 11.0 Å². The van der Waals surface area contributed by atoms with Crippen LogP contribution in [0.5, 0.6) is 0 Å². The third-order valence-corrected chi connectivity index (χ3v) is 5.96. The molecule has 0 saturated carbocycles. The van der Waals surface area contributed by atoms with E-state index in [0.29, 0.717) is 11.0 Å². The molecule has 0 unspecified atom stereocenters. The van der Waals surface area contributed by atoms with E-state index >= 15 is 0 Å². The maximum atomic E-state index is 12.5. The standard InChI is InChI=1S/C22H24N6OS/c1-15(2)22(4,14-23)25-19(29)13-30-21-27-26-20(17-9-7-11-24-12-17)28(21)18-10-6-5-8-16(18)3/h5-12,15H,13H2,1-4H3,(H,25,29)/t22-/m0/s1. The van der Waals surface area contributed by atoms with Crippen molar-refractivity contribution in [2.45, 2.75) is 38.4 Å². The largest absolute Gasteiger partial charge is 0.337 e. The maximum Gasteiger partial charge on any atom is 0.231 e. The van der Waals surface area contributed by atoms with Gasteiger partial charge in [0.25, 0.3) is 0 Å². The number of hydrogen-bond acceptors (Lipinski definition) is 6. The molecule has 7 nitrogen and oxygen atoms in total. The Morgan fingerprint density at radius 1 is 1.27 bits per heavy atom. The molecular weight excluding hydrogens is 396 g/mol. The normalized spacial score (nSPS) is 12.9. The van der Waals surface area contributed by atoms with Crippen molar-refractivity contribution in [3.05, 3.63) is 54.4 Å². The van der Waals surface area contributed by atoms with Gasteiger partial charge in [0.2, 0.25) is 5.91 Å². The summed E-state index contributed by atoms with van der Waals surface area (Å²) in [4.78, 5) is 16.7. The molecule has 3 aromatic rings. The number of amides is 1. The van der Waals surface area contributed by atoms with Crippen molar-refractivity contribution in [3.63, 3.8) is 0 Å². The number of rotatable bonds is 7. The number of aryl methyl sites for hydroxylation is 1. The van der Waals surface area contributed by atoms with Crippen LogP contribution in [-0.4, -0.2) is 36.9 Å². The molecule has 0 aliphatic carbocycles. The molecule has 1 amide bonds. The summed E-state index contributed by atoms with van der Waals surface area (Å²) in [5.74, 6) is 0.551. The van der Waals surface area contributed by atoms with E-state index in [1.54, 1.807) is 19.3 Å². The predicted molar refractivity (Wildman–Crippen MR) is 117 cm³/mol. The number of para-hydroxylation sites is 1. The van der Waals surface area contributed by atoms with Crippen LogP contribution in [0.2, 0.25) is 0 Å². The Kier molecular flexibility index (Phi) is 6.53. The Hall–Kier alpha value is -3.18. The minimum absolute atomic E-state index is 0.00995. The molecule has 0 fully saturated rings. The van der Waals surface area contributed by atoms with Gasteiger partial charge in [-0.05, 0) is 43.5 Å². The van der Waals surface area contributed by atoms with E-state index < -0.39 is 5.54 Å². The monoisotopic (exact) mass is 420 g/mol. The highest BCUT2D eigenvalue weighted by molar-refractivity contribution is 7.99. The fraction of sp³-hybridized carbons (Fsp3) is 0.318. The summed E-state index contributed by atoms with van der Waals surface area (Å²) in [7, 11) is 0. The lowest BCUT2D eigenvalue weighted by molar-refractivity contribution is -0.120. The van der Waals surface area contributed by atoms with E-state index in [9.17, 15) is 10.1 Å². The van der Waals surface area contributed by atoms with Gasteiger partial charge in [0.1, 0.15) is 5.54 Å². The average molecular weight is 421 g/mol. The number of nitriles is 1. The van der Waals surface area contributed by atoms with E-state index in [2.05, 4.69) is 26.6 Å². The fourth-order valence-electron chi connectivity index (χ4n) is 2.83. The Balaban J connectivity index is 1.91. The number of hydrogen-bond donors (Lipinski definition) is 1. The zero-order valence-electron chi connectivity index (χ0n) is 17.5. The third kappa shape index (κ3) is 4.52. The maximum absolute atomic E-state index is 12.5. The molecule has 30 heavy (non-hydrogen) atoms. The number of carbonyl (C=O) groups excluding carboxylic acids is 1. The van der Waals surface area contributed by atoms with Gasteiger partial charge >= 0.3 is 0 Å². The molecule has 2 aromatic heterocycles. The molecule has 0 radical (unpaired) electrons. The summed E-state index contributed by atoms with van der Waals surface area (Å²) < 4.78 is 1.94. The fourth-order valence-corrected chi connectivity index (χ4v) is 3.58. The van der Waals surface area contributed by atoms with Gasteiger partial charge in [0.05, 0.1) is 17.5 Å². The minimum atomic E-state index is -0.914. The predicted octanol–water partition coefficient (Wildman–Crippen LogP) is 3.78. The molecule has 1 atom stereocenters. The number of benzene rings is 1. The zero-order chi connectivity index (χ0) is 21.7. The van der Waals surface area contributed by atoms with Crippen molar-refractivity contribution in [1.29, 1.82) is 5.26 Å². The van der Waals surface area contributed by atoms with Crippen LogP contribution in [0.15, 0.2) is 53.9 Å². The second-order valence-electron chi connectivity index (χ2n) is 7.48. The Bertz CT molecular complexity index is 1070. The zero-order valence-corrected chi connectivity index (χ0v) is 18.3. The van der Waals surface area contributed by atoms with Crippen molar-refractivity contribution in [2.75, 3.05) is 5.75 Å². The van der Waals surface area contributed by atoms with Crippen LogP contribution in [0.4, 0.5) is 0 Å². The highest BCUT2D eigenvalue weighted by atomic mass is 32.2. The summed E-state index contributed by atoms with van der Waals surface area (Å²) in [5.41, 5.74) is 1.92. The number of aromatic nitrogens is 4. The van der Waals surface area contributed by atoms with Crippen molar-refractivity contribution in [1.82, 2.24) is 25.1 Å². The van der Waals surface area contributed by atoms with Crippen LogP contribution < -0.4 is 5.32 Å². The lowest BCUT2D eigenvalue weighted by atomic mass is 9.90. The number of nitrogens with zero attached hydrogens (tertiary/aromatic N) is 5. The molecule has 0 aliphatic rings. The summed E-state index contributed by atoms with van der Waals surface area (Å²) in [6, 6.07) is 13.9. The number of pyridine rings is 1. The lowest BCUT2D eigenvalue weighted by Crippen LogP contribution is -2.49. The van der Waals surface area contributed by atoms with E-state index in [-0.39, 0.29) is 17.6 Å². The first-order valence-electron chi connectivity index (χ1n) is 9.62. The summed E-state index contributed by atoms with van der Waals surface area (Å²) >= 11 is 1.28. The quantitative estimate of drug-likeness (QED) is 0.584. The van der Waals surface area contributed by atoms with Crippen molar-refractivity contribution in [3.8, 4) is 23.1 Å². The van der Waals surface area contributed by atoms with Crippen LogP contribution in [0.25, 0.3) is 17.1 Å². The Labute approximate surface area is 180 Å². The highest BCUT2D eigenvalue weighted by Crippen LogP contribution is 2.29. The number of nitrogens with one attached hydrogen (secondary N) is 1. The van der Waals surface area contributed by atoms with E-state index in [0.717, 1.165) is 16.8 Å². The second-order valence-corrected chi connectivity index (χ2v) is 8.42. The van der Waals surface area contributed by atoms with E-state index in [4.69, 9.17) is 0 Å². The topological polar surface area (TPSA) is 96.5 Å². The summed E-state index contributed by atoms with van der Waals surface area (Å²) in [6.45, 7) is 7.57. The second kappa shape index (κ2) is 9.09. The van der Waals surface area contributed by atoms with Gasteiger partial charge in [-0.2, -0.15) is 5.26 Å². The van der Waals surface area contributed by atoms with E-state index in [1.807, 2.05) is 61.7 Å². The van der Waals surface area contributed by atoms with Crippen LogP contribution in [-0.2, 0) is 4.79 Å². The molecule has 3 rings (SSSR count). The molecule has 154 valence electrons. The van der Waals surface area contributed by atoms with Crippen LogP contribution in [0, 0.1) is 24.2 Å². The third-order valence-electron chi connectivity index (χ3n) is 5.03. The molecule has 0 aliphatic heterocycles. The molecule has 0 bridgehead atoms. The first kappa shape index (κ1) is 21.5. The van der Waals surface area contributed by atoms with Crippen molar-refractivity contribution in [2.24, 2.45) is 5.92 Å². The Morgan fingerprint density at radius 3 is 2.67 bits per heavy atom. The van der Waals surface area contributed by atoms with Gasteiger partial charge in [-0.25, -0.2) is 0 Å². The van der Waals surface area contributed by atoms with Gasteiger partial charge in [-0.3, -0.25) is 14.3 Å². The van der Waals surface area contributed by atoms with Gasteiger partial charge in [0, 0.05) is 18.0 Å². The molecular formula is C22H24N6OS. The SMILES string of the molecule is Cc1ccccc1-n1c(SCC(=O)N[C@@](C)(C#N)C(C)C)nnc1-c1cccnc1. The molecule has 1 N–H and O–H groups in total.